The molecule has 31 heavy (non-hydrogen) atoms. The van der Waals surface area contributed by atoms with Gasteiger partial charge in [-0.15, -0.1) is 0 Å². The number of anilines is 2. The number of benzene rings is 2. The van der Waals surface area contributed by atoms with Crippen molar-refractivity contribution in [3.63, 3.8) is 0 Å². The number of para-hydroxylation sites is 1. The monoisotopic (exact) mass is 473 g/mol. The van der Waals surface area contributed by atoms with Crippen LogP contribution in [0.1, 0.15) is 15.9 Å². The van der Waals surface area contributed by atoms with Gasteiger partial charge in [-0.1, -0.05) is 46.3 Å². The van der Waals surface area contributed by atoms with Gasteiger partial charge in [-0.3, -0.25) is 14.2 Å². The van der Waals surface area contributed by atoms with E-state index in [4.69, 9.17) is 4.98 Å². The lowest BCUT2D eigenvalue weighted by Gasteiger charge is -2.32. The van der Waals surface area contributed by atoms with E-state index in [0.29, 0.717) is 29.4 Å². The number of Topliss-reactive ketones (excluding diaryl/α,β-unsaturated/α-hetero) is 1. The molecule has 1 aliphatic heterocycles. The summed E-state index contributed by atoms with van der Waals surface area (Å²) >= 11 is 3.42. The van der Waals surface area contributed by atoms with E-state index in [1.165, 1.54) is 12.4 Å². The summed E-state index contributed by atoms with van der Waals surface area (Å²) < 4.78 is 2.42. The standard InChI is InChI=1S/C23H16BrN5O2/c24-17-6-3-5-15(10-17)21(30)13-28-20-7-2-1-4-16(20)12-29-22(31)11-19(27-23(28)29)18-8-9-25-14-26-18/h1-11,14H,12-13H2. The molecule has 0 amide bonds. The number of ketones is 1. The molecule has 1 aliphatic rings. The van der Waals surface area contributed by atoms with Crippen LogP contribution in [0.2, 0.25) is 0 Å². The summed E-state index contributed by atoms with van der Waals surface area (Å²) in [5.41, 5.74) is 3.19. The Balaban J connectivity index is 1.63. The molecule has 0 aliphatic carbocycles. The van der Waals surface area contributed by atoms with Gasteiger partial charge in [-0.05, 0) is 29.8 Å². The molecule has 0 N–H and O–H groups in total. The predicted molar refractivity (Wildman–Crippen MR) is 121 cm³/mol. The Kier molecular flexibility index (Phi) is 4.91. The number of fused-ring (bicyclic) bond motifs is 2. The SMILES string of the molecule is O=C(CN1c2ccccc2Cn2c1nc(-c1ccncn1)cc2=O)c1cccc(Br)c1. The molecule has 4 aromatic rings. The Morgan fingerprint density at radius 1 is 1.03 bits per heavy atom. The molecular formula is C23H16BrN5O2. The van der Waals surface area contributed by atoms with Crippen molar-refractivity contribution in [3.05, 3.63) is 99.1 Å². The highest BCUT2D eigenvalue weighted by Gasteiger charge is 2.27. The molecule has 0 bridgehead atoms. The minimum atomic E-state index is -0.201. The summed E-state index contributed by atoms with van der Waals surface area (Å²) in [4.78, 5) is 40.8. The van der Waals surface area contributed by atoms with Crippen LogP contribution < -0.4 is 10.5 Å². The Hall–Kier alpha value is -3.65. The van der Waals surface area contributed by atoms with Gasteiger partial charge in [0.1, 0.15) is 6.33 Å². The van der Waals surface area contributed by atoms with Gasteiger partial charge in [0.15, 0.2) is 5.78 Å². The predicted octanol–water partition coefficient (Wildman–Crippen LogP) is 3.85. The van der Waals surface area contributed by atoms with Crippen LogP contribution in [0.5, 0.6) is 0 Å². The van der Waals surface area contributed by atoms with E-state index >= 15 is 0 Å². The maximum Gasteiger partial charge on any atom is 0.255 e. The molecule has 0 saturated carbocycles. The van der Waals surface area contributed by atoms with Crippen molar-refractivity contribution in [1.82, 2.24) is 19.5 Å². The molecule has 152 valence electrons. The largest absolute Gasteiger partial charge is 0.304 e. The third kappa shape index (κ3) is 3.66. The van der Waals surface area contributed by atoms with Crippen molar-refractivity contribution in [2.45, 2.75) is 6.54 Å². The first-order valence-corrected chi connectivity index (χ1v) is 10.4. The molecule has 0 atom stereocenters. The van der Waals surface area contributed by atoms with E-state index in [1.54, 1.807) is 33.9 Å². The Bertz CT molecular complexity index is 1350. The molecule has 7 nitrogen and oxygen atoms in total. The lowest BCUT2D eigenvalue weighted by atomic mass is 10.1. The lowest BCUT2D eigenvalue weighted by molar-refractivity contribution is 0.100. The van der Waals surface area contributed by atoms with Gasteiger partial charge in [0, 0.05) is 28.0 Å². The summed E-state index contributed by atoms with van der Waals surface area (Å²) in [6.45, 7) is 0.441. The van der Waals surface area contributed by atoms with Crippen molar-refractivity contribution < 1.29 is 4.79 Å². The Morgan fingerprint density at radius 2 is 1.90 bits per heavy atom. The third-order valence-corrected chi connectivity index (χ3v) is 5.63. The number of hydrogen-bond donors (Lipinski definition) is 0. The molecule has 2 aromatic heterocycles. The number of aromatic nitrogens is 4. The molecule has 0 unspecified atom stereocenters. The number of rotatable bonds is 4. The number of carbonyl (C=O) groups is 1. The highest BCUT2D eigenvalue weighted by atomic mass is 79.9. The van der Waals surface area contributed by atoms with Gasteiger partial charge in [0.25, 0.3) is 5.56 Å². The zero-order valence-corrected chi connectivity index (χ0v) is 17.9. The van der Waals surface area contributed by atoms with Gasteiger partial charge in [-0.2, -0.15) is 0 Å². The van der Waals surface area contributed by atoms with Crippen LogP contribution in [0, 0.1) is 0 Å². The third-order valence-electron chi connectivity index (χ3n) is 5.13. The molecular weight excluding hydrogens is 458 g/mol. The number of nitrogens with zero attached hydrogens (tertiary/aromatic N) is 5. The highest BCUT2D eigenvalue weighted by Crippen LogP contribution is 2.33. The van der Waals surface area contributed by atoms with Crippen LogP contribution in [0.4, 0.5) is 11.6 Å². The van der Waals surface area contributed by atoms with Gasteiger partial charge in [-0.25, -0.2) is 15.0 Å². The first-order chi connectivity index (χ1) is 15.1. The Morgan fingerprint density at radius 3 is 2.71 bits per heavy atom. The molecule has 5 rings (SSSR count). The molecule has 0 saturated heterocycles. The van der Waals surface area contributed by atoms with E-state index < -0.39 is 0 Å². The topological polar surface area (TPSA) is 81.0 Å². The number of carbonyl (C=O) groups excluding carboxylic acids is 1. The van der Waals surface area contributed by atoms with Gasteiger partial charge >= 0.3 is 0 Å². The van der Waals surface area contributed by atoms with Crippen LogP contribution in [-0.4, -0.2) is 31.8 Å². The van der Waals surface area contributed by atoms with Gasteiger partial charge in [0.05, 0.1) is 24.5 Å². The van der Waals surface area contributed by atoms with E-state index in [2.05, 4.69) is 25.9 Å². The minimum Gasteiger partial charge on any atom is -0.304 e. The fraction of sp³-hybridized carbons (Fsp3) is 0.0870. The maximum absolute atomic E-state index is 13.1. The minimum absolute atomic E-state index is 0.0487. The van der Waals surface area contributed by atoms with E-state index in [-0.39, 0.29) is 17.9 Å². The normalized spacial score (nSPS) is 12.2. The average molecular weight is 474 g/mol. The Labute approximate surface area is 186 Å². The number of halogens is 1. The number of hydrogen-bond acceptors (Lipinski definition) is 6. The zero-order chi connectivity index (χ0) is 21.4. The van der Waals surface area contributed by atoms with Gasteiger partial charge in [0.2, 0.25) is 5.95 Å². The molecule has 0 radical (unpaired) electrons. The smallest absolute Gasteiger partial charge is 0.255 e. The summed E-state index contributed by atoms with van der Waals surface area (Å²) in [6, 6.07) is 18.2. The van der Waals surface area contributed by atoms with E-state index in [9.17, 15) is 9.59 Å². The highest BCUT2D eigenvalue weighted by molar-refractivity contribution is 9.10. The van der Waals surface area contributed by atoms with E-state index in [1.807, 2.05) is 36.4 Å². The van der Waals surface area contributed by atoms with Crippen LogP contribution >= 0.6 is 15.9 Å². The second-order valence-corrected chi connectivity index (χ2v) is 8.02. The van der Waals surface area contributed by atoms with Crippen molar-refractivity contribution in [3.8, 4) is 11.4 Å². The quantitative estimate of drug-likeness (QED) is 0.418. The molecule has 3 heterocycles. The van der Waals surface area contributed by atoms with Crippen LogP contribution in [0.15, 0.2) is 82.5 Å². The van der Waals surface area contributed by atoms with Crippen molar-refractivity contribution in [2.24, 2.45) is 0 Å². The molecule has 0 fully saturated rings. The van der Waals surface area contributed by atoms with Crippen LogP contribution in [0.25, 0.3) is 11.4 Å². The first-order valence-electron chi connectivity index (χ1n) is 9.62. The fourth-order valence-corrected chi connectivity index (χ4v) is 4.06. The summed E-state index contributed by atoms with van der Waals surface area (Å²) in [5, 5.41) is 0. The van der Waals surface area contributed by atoms with Crippen LogP contribution in [-0.2, 0) is 6.54 Å². The molecule has 0 spiro atoms. The van der Waals surface area contributed by atoms with Crippen LogP contribution in [0.3, 0.4) is 0 Å². The summed E-state index contributed by atoms with van der Waals surface area (Å²) in [6.07, 6.45) is 3.02. The van der Waals surface area contributed by atoms with E-state index in [0.717, 1.165) is 15.7 Å². The zero-order valence-electron chi connectivity index (χ0n) is 16.3. The summed E-state index contributed by atoms with van der Waals surface area (Å²) in [5.74, 6) is 0.342. The van der Waals surface area contributed by atoms with Crippen molar-refractivity contribution in [2.75, 3.05) is 11.4 Å². The molecule has 2 aromatic carbocycles. The molecule has 8 heteroatoms. The second-order valence-electron chi connectivity index (χ2n) is 7.11. The second kappa shape index (κ2) is 7.88. The van der Waals surface area contributed by atoms with Gasteiger partial charge < -0.3 is 4.90 Å². The fourth-order valence-electron chi connectivity index (χ4n) is 3.66. The average Bonchev–Trinajstić information content (AvgIpc) is 2.80. The van der Waals surface area contributed by atoms with Crippen molar-refractivity contribution >= 4 is 33.3 Å². The van der Waals surface area contributed by atoms with Crippen molar-refractivity contribution in [1.29, 1.82) is 0 Å². The lowest BCUT2D eigenvalue weighted by Crippen LogP contribution is -2.37. The first kappa shape index (κ1) is 19.3. The maximum atomic E-state index is 13.1. The summed E-state index contributed by atoms with van der Waals surface area (Å²) in [7, 11) is 0.